The van der Waals surface area contributed by atoms with Crippen molar-refractivity contribution in [1.82, 2.24) is 5.32 Å². The van der Waals surface area contributed by atoms with Crippen LogP contribution in [0.5, 0.6) is 0 Å². The van der Waals surface area contributed by atoms with Gasteiger partial charge in [0.25, 0.3) is 5.91 Å². The first-order valence-corrected chi connectivity index (χ1v) is 9.15. The van der Waals surface area contributed by atoms with E-state index in [2.05, 4.69) is 5.32 Å². The van der Waals surface area contributed by atoms with Gasteiger partial charge < -0.3 is 15.3 Å². The van der Waals surface area contributed by atoms with Gasteiger partial charge >= 0.3 is 0 Å². The second kappa shape index (κ2) is 7.91. The molecule has 0 aromatic rings. The zero-order chi connectivity index (χ0) is 15.2. The molecule has 0 heterocycles. The zero-order valence-corrected chi connectivity index (χ0v) is 12.9. The van der Waals surface area contributed by atoms with Crippen LogP contribution in [0.4, 0.5) is 0 Å². The van der Waals surface area contributed by atoms with Crippen molar-refractivity contribution in [2.24, 2.45) is 5.92 Å². The number of nitrogens with one attached hydrogen (secondary N) is 2. The Balaban J connectivity index is 2.34. The zero-order valence-electron chi connectivity index (χ0n) is 12.0. The van der Waals surface area contributed by atoms with Crippen LogP contribution in [0.1, 0.15) is 39.0 Å². The van der Waals surface area contributed by atoms with Crippen LogP contribution in [-0.2, 0) is 9.36 Å². The van der Waals surface area contributed by atoms with Crippen molar-refractivity contribution in [3.05, 3.63) is 0 Å². The summed E-state index contributed by atoms with van der Waals surface area (Å²) in [6.45, 7) is 1.26. The molecule has 1 unspecified atom stereocenters. The fraction of sp³-hybridized carbons (Fsp3) is 0.846. The third-order valence-corrected chi connectivity index (χ3v) is 5.68. The van der Waals surface area contributed by atoms with Gasteiger partial charge in [0.15, 0.2) is 0 Å². The molecule has 1 fully saturated rings. The average molecular weight is 304 g/mol. The van der Waals surface area contributed by atoms with Crippen molar-refractivity contribution in [2.75, 3.05) is 18.9 Å². The molecule has 0 radical (unpaired) electrons. The fourth-order valence-electron chi connectivity index (χ4n) is 2.58. The molecular formula is C13H25N2O4P. The molecule has 0 aliphatic heterocycles. The van der Waals surface area contributed by atoms with Gasteiger partial charge in [-0.25, -0.2) is 0 Å². The number of hydrogen-bond donors (Lipinski definition) is 4. The number of rotatable bonds is 7. The summed E-state index contributed by atoms with van der Waals surface area (Å²) in [6.07, 6.45) is 4.43. The molecule has 1 aliphatic rings. The maximum absolute atomic E-state index is 12.1. The van der Waals surface area contributed by atoms with Crippen LogP contribution < -0.4 is 5.32 Å². The Morgan fingerprint density at radius 2 is 2.00 bits per heavy atom. The topological polar surface area (TPSA) is 110 Å². The van der Waals surface area contributed by atoms with E-state index in [-0.39, 0.29) is 30.5 Å². The number of hydrogen-bond acceptors (Lipinski definition) is 4. The Hall–Kier alpha value is -0.710. The number of amides is 1. The minimum Gasteiger partial charge on any atom is -0.391 e. The van der Waals surface area contributed by atoms with Crippen molar-refractivity contribution in [2.45, 2.75) is 45.1 Å². The quantitative estimate of drug-likeness (QED) is 0.420. The Kier molecular flexibility index (Phi) is 6.86. The van der Waals surface area contributed by atoms with Gasteiger partial charge in [-0.15, -0.1) is 0 Å². The molecule has 4 N–H and O–H groups in total. The summed E-state index contributed by atoms with van der Waals surface area (Å²) in [5.74, 6) is -0.283. The summed E-state index contributed by atoms with van der Waals surface area (Å²) < 4.78 is 12.1. The van der Waals surface area contributed by atoms with Crippen LogP contribution in [0.15, 0.2) is 0 Å². The van der Waals surface area contributed by atoms with Crippen molar-refractivity contribution < 1.29 is 19.4 Å². The smallest absolute Gasteiger partial charge is 0.264 e. The summed E-state index contributed by atoms with van der Waals surface area (Å²) in [4.78, 5) is 21.1. The standard InChI is InChI=1S/C13H25N2O4P/c1-10(14)13(17)15-7-12(16)9-20(18,19)8-11-5-3-2-4-6-11/h11-12,14,16H,2-9H2,1H3,(H,15,17)(H,18,19)/t12-/m1/s1. The molecule has 0 saturated heterocycles. The lowest BCUT2D eigenvalue weighted by Gasteiger charge is -2.25. The fourth-order valence-corrected chi connectivity index (χ4v) is 4.69. The second-order valence-corrected chi connectivity index (χ2v) is 8.13. The van der Waals surface area contributed by atoms with Crippen LogP contribution in [0.25, 0.3) is 0 Å². The van der Waals surface area contributed by atoms with Crippen LogP contribution >= 0.6 is 7.37 Å². The maximum Gasteiger partial charge on any atom is 0.264 e. The predicted molar refractivity (Wildman–Crippen MR) is 78.6 cm³/mol. The minimum absolute atomic E-state index is 0.0930. The molecule has 0 aromatic heterocycles. The first-order valence-electron chi connectivity index (χ1n) is 7.12. The van der Waals surface area contributed by atoms with Gasteiger partial charge in [-0.1, -0.05) is 19.3 Å². The van der Waals surface area contributed by atoms with Crippen LogP contribution in [0, 0.1) is 11.3 Å². The molecule has 7 heteroatoms. The van der Waals surface area contributed by atoms with Gasteiger partial charge in [0, 0.05) is 12.7 Å². The van der Waals surface area contributed by atoms with Gasteiger partial charge in [-0.05, 0) is 25.7 Å². The molecule has 0 spiro atoms. The van der Waals surface area contributed by atoms with E-state index in [1.807, 2.05) is 0 Å². The molecule has 0 aromatic carbocycles. The highest BCUT2D eigenvalue weighted by atomic mass is 31.2. The lowest BCUT2D eigenvalue weighted by Crippen LogP contribution is -2.37. The minimum atomic E-state index is -3.36. The third kappa shape index (κ3) is 6.64. The Morgan fingerprint density at radius 3 is 2.55 bits per heavy atom. The van der Waals surface area contributed by atoms with E-state index in [9.17, 15) is 19.4 Å². The second-order valence-electron chi connectivity index (χ2n) is 5.70. The van der Waals surface area contributed by atoms with E-state index < -0.39 is 19.4 Å². The molecule has 2 atom stereocenters. The van der Waals surface area contributed by atoms with Gasteiger partial charge in [-0.3, -0.25) is 14.8 Å². The first-order chi connectivity index (χ1) is 9.30. The van der Waals surface area contributed by atoms with Crippen molar-refractivity contribution in [3.63, 3.8) is 0 Å². The Bertz CT molecular complexity index is 394. The molecule has 116 valence electrons. The monoisotopic (exact) mass is 304 g/mol. The molecular weight excluding hydrogens is 279 g/mol. The van der Waals surface area contributed by atoms with Crippen LogP contribution in [0.3, 0.4) is 0 Å². The molecule has 1 amide bonds. The summed E-state index contributed by atoms with van der Waals surface area (Å²) >= 11 is 0. The third-order valence-electron chi connectivity index (χ3n) is 3.60. The van der Waals surface area contributed by atoms with E-state index in [0.717, 1.165) is 25.7 Å². The first kappa shape index (κ1) is 17.3. The average Bonchev–Trinajstić information content (AvgIpc) is 2.35. The highest BCUT2D eigenvalue weighted by Gasteiger charge is 2.28. The molecule has 0 bridgehead atoms. The van der Waals surface area contributed by atoms with E-state index in [1.54, 1.807) is 0 Å². The molecule has 1 rings (SSSR count). The van der Waals surface area contributed by atoms with E-state index in [4.69, 9.17) is 5.41 Å². The Labute approximate surface area is 119 Å². The highest BCUT2D eigenvalue weighted by Crippen LogP contribution is 2.45. The van der Waals surface area contributed by atoms with Gasteiger partial charge in [0.1, 0.15) is 0 Å². The molecule has 1 aliphatic carbocycles. The number of aliphatic hydroxyl groups is 1. The van der Waals surface area contributed by atoms with Gasteiger partial charge in [0.05, 0.1) is 18.0 Å². The highest BCUT2D eigenvalue weighted by molar-refractivity contribution is 7.58. The summed E-state index contributed by atoms with van der Waals surface area (Å²) in [5, 5.41) is 19.2. The van der Waals surface area contributed by atoms with Gasteiger partial charge in [0.2, 0.25) is 7.37 Å². The Morgan fingerprint density at radius 1 is 1.40 bits per heavy atom. The van der Waals surface area contributed by atoms with E-state index in [0.29, 0.717) is 0 Å². The number of carbonyl (C=O) groups excluding carboxylic acids is 1. The molecule has 1 saturated carbocycles. The predicted octanol–water partition coefficient (Wildman–Crippen LogP) is 1.35. The largest absolute Gasteiger partial charge is 0.391 e. The van der Waals surface area contributed by atoms with Crippen molar-refractivity contribution in [1.29, 1.82) is 5.41 Å². The van der Waals surface area contributed by atoms with Crippen molar-refractivity contribution >= 4 is 19.0 Å². The summed E-state index contributed by atoms with van der Waals surface area (Å²) in [7, 11) is -3.36. The molecule has 20 heavy (non-hydrogen) atoms. The lowest BCUT2D eigenvalue weighted by atomic mass is 9.91. The van der Waals surface area contributed by atoms with Crippen LogP contribution in [-0.4, -0.2) is 46.6 Å². The number of carbonyl (C=O) groups is 1. The maximum atomic E-state index is 12.1. The lowest BCUT2D eigenvalue weighted by molar-refractivity contribution is -0.115. The van der Waals surface area contributed by atoms with Crippen molar-refractivity contribution in [3.8, 4) is 0 Å². The summed E-state index contributed by atoms with van der Waals surface area (Å²) in [6, 6.07) is 0. The van der Waals surface area contributed by atoms with E-state index in [1.165, 1.54) is 13.3 Å². The molecule has 6 nitrogen and oxygen atoms in total. The summed E-state index contributed by atoms with van der Waals surface area (Å²) in [5.41, 5.74) is -0.147. The van der Waals surface area contributed by atoms with Gasteiger partial charge in [-0.2, -0.15) is 0 Å². The SMILES string of the molecule is CC(=N)C(=O)NC[C@@H](O)CP(=O)(O)CC1CCCCC1. The normalized spacial score (nSPS) is 20.9. The van der Waals surface area contributed by atoms with Crippen LogP contribution in [0.2, 0.25) is 0 Å². The number of aliphatic hydroxyl groups excluding tert-OH is 1. The van der Waals surface area contributed by atoms with E-state index >= 15 is 0 Å².